The highest BCUT2D eigenvalue weighted by Gasteiger charge is 2.37. The lowest BCUT2D eigenvalue weighted by molar-refractivity contribution is -0.355. The molecule has 21 heavy (non-hydrogen) atoms. The number of fused-ring (bicyclic) bond motifs is 1. The van der Waals surface area contributed by atoms with Gasteiger partial charge in [0.05, 0.1) is 5.56 Å². The molecule has 7 heteroatoms. The summed E-state index contributed by atoms with van der Waals surface area (Å²) in [5.74, 6) is -5.33. The number of rotatable bonds is 1. The van der Waals surface area contributed by atoms with E-state index in [2.05, 4.69) is 0 Å². The lowest BCUT2D eigenvalue weighted by Gasteiger charge is -2.03. The highest BCUT2D eigenvalue weighted by atomic mass is 35.5. The average Bonchev–Trinajstić information content (AvgIpc) is 2.67. The number of benzene rings is 2. The molecule has 0 fully saturated rings. The largest absolute Gasteiger partial charge is 0.618 e. The standard InChI is InChI=1S/C14H5ClF3NO2/c15-7-1-2-8-11(5-7)19(21)13(14(8)20)6-3-9(16)12(18)10(17)4-6/h1-5H. The van der Waals surface area contributed by atoms with Crippen LogP contribution in [0.3, 0.4) is 0 Å². The van der Waals surface area contributed by atoms with Gasteiger partial charge in [0.25, 0.3) is 11.5 Å². The van der Waals surface area contributed by atoms with E-state index in [-0.39, 0.29) is 26.6 Å². The van der Waals surface area contributed by atoms with Crippen molar-refractivity contribution in [1.82, 2.24) is 0 Å². The first-order chi connectivity index (χ1) is 9.90. The second kappa shape index (κ2) is 4.60. The van der Waals surface area contributed by atoms with Crippen LogP contribution in [0.4, 0.5) is 18.9 Å². The molecule has 0 unspecified atom stereocenters. The molecule has 0 aliphatic carbocycles. The molecule has 0 bridgehead atoms. The molecule has 2 aromatic carbocycles. The average molecular weight is 312 g/mol. The minimum atomic E-state index is -1.66. The minimum Gasteiger partial charge on any atom is -0.618 e. The summed E-state index contributed by atoms with van der Waals surface area (Å²) in [4.78, 5) is 12.2. The third kappa shape index (κ3) is 1.99. The van der Waals surface area contributed by atoms with E-state index in [0.717, 1.165) is 0 Å². The van der Waals surface area contributed by atoms with Crippen LogP contribution in [0, 0.1) is 22.7 Å². The van der Waals surface area contributed by atoms with Crippen LogP contribution < -0.4 is 0 Å². The van der Waals surface area contributed by atoms with Crippen LogP contribution in [-0.4, -0.2) is 16.2 Å². The molecule has 0 aromatic heterocycles. The fraction of sp³-hybridized carbons (Fsp3) is 0. The quantitative estimate of drug-likeness (QED) is 0.459. The Morgan fingerprint density at radius 3 is 2.29 bits per heavy atom. The molecular weight excluding hydrogens is 307 g/mol. The van der Waals surface area contributed by atoms with Gasteiger partial charge in [-0.05, 0) is 24.3 Å². The Morgan fingerprint density at radius 2 is 1.67 bits per heavy atom. The molecule has 1 aliphatic rings. The Bertz CT molecular complexity index is 810. The zero-order valence-corrected chi connectivity index (χ0v) is 10.9. The van der Waals surface area contributed by atoms with E-state index in [1.54, 1.807) is 0 Å². The molecule has 2 aromatic rings. The van der Waals surface area contributed by atoms with Crippen molar-refractivity contribution in [2.75, 3.05) is 0 Å². The first-order valence-electron chi connectivity index (χ1n) is 5.73. The van der Waals surface area contributed by atoms with E-state index >= 15 is 0 Å². The molecule has 0 saturated heterocycles. The summed E-state index contributed by atoms with van der Waals surface area (Å²) in [6.45, 7) is 0. The molecule has 0 saturated carbocycles. The highest BCUT2D eigenvalue weighted by molar-refractivity contribution is 6.52. The van der Waals surface area contributed by atoms with Gasteiger partial charge in [-0.15, -0.1) is 0 Å². The Kier molecular flexibility index (Phi) is 2.98. The zero-order chi connectivity index (χ0) is 15.3. The number of hydrogen-bond donors (Lipinski definition) is 0. The zero-order valence-electron chi connectivity index (χ0n) is 10.2. The molecule has 1 heterocycles. The van der Waals surface area contributed by atoms with E-state index < -0.39 is 28.9 Å². The van der Waals surface area contributed by atoms with Gasteiger partial charge in [-0.25, -0.2) is 13.2 Å². The molecular formula is C14H5ClF3NO2. The summed E-state index contributed by atoms with van der Waals surface area (Å²) in [6.07, 6.45) is 0. The molecule has 3 rings (SSSR count). The summed E-state index contributed by atoms with van der Waals surface area (Å²) in [7, 11) is 0. The third-order valence-corrected chi connectivity index (χ3v) is 3.33. The van der Waals surface area contributed by atoms with Crippen molar-refractivity contribution in [2.24, 2.45) is 0 Å². The van der Waals surface area contributed by atoms with E-state index in [1.807, 2.05) is 0 Å². The molecule has 3 nitrogen and oxygen atoms in total. The number of Topliss-reactive ketones (excluding diaryl/α,β-unsaturated/α-hetero) is 1. The lowest BCUT2D eigenvalue weighted by Crippen LogP contribution is -2.17. The fourth-order valence-corrected chi connectivity index (χ4v) is 2.31. The number of nitrogens with zero attached hydrogens (tertiary/aromatic N) is 1. The Morgan fingerprint density at radius 1 is 1.05 bits per heavy atom. The van der Waals surface area contributed by atoms with Crippen LogP contribution in [0.1, 0.15) is 15.9 Å². The van der Waals surface area contributed by atoms with Gasteiger partial charge in [-0.2, -0.15) is 4.74 Å². The smallest absolute Gasteiger partial charge is 0.273 e. The number of carbonyl (C=O) groups is 1. The van der Waals surface area contributed by atoms with Gasteiger partial charge >= 0.3 is 0 Å². The SMILES string of the molecule is O=C1C(c2cc(F)c(F)c(F)c2)=[N+]([O-])c2cc(Cl)ccc21. The number of halogens is 4. The van der Waals surface area contributed by atoms with Crippen molar-refractivity contribution >= 4 is 28.8 Å². The lowest BCUT2D eigenvalue weighted by atomic mass is 10.0. The Balaban J connectivity index is 2.23. The first kappa shape index (κ1) is 13.6. The fourth-order valence-electron chi connectivity index (χ4n) is 2.15. The predicted molar refractivity (Wildman–Crippen MR) is 69.5 cm³/mol. The summed E-state index contributed by atoms with van der Waals surface area (Å²) in [5.41, 5.74) is -0.772. The van der Waals surface area contributed by atoms with E-state index in [4.69, 9.17) is 11.6 Å². The second-order valence-corrected chi connectivity index (χ2v) is 4.82. The van der Waals surface area contributed by atoms with Gasteiger partial charge in [-0.1, -0.05) is 11.6 Å². The summed E-state index contributed by atoms with van der Waals surface area (Å²) in [5, 5.41) is 12.4. The van der Waals surface area contributed by atoms with Crippen molar-refractivity contribution < 1.29 is 22.7 Å². The van der Waals surface area contributed by atoms with E-state index in [1.165, 1.54) is 18.2 Å². The van der Waals surface area contributed by atoms with Crippen molar-refractivity contribution in [3.05, 3.63) is 69.1 Å². The molecule has 1 aliphatic heterocycles. The maximum absolute atomic E-state index is 13.3. The molecule has 0 radical (unpaired) electrons. The van der Waals surface area contributed by atoms with Crippen LogP contribution in [0.25, 0.3) is 0 Å². The van der Waals surface area contributed by atoms with Gasteiger partial charge in [0.15, 0.2) is 17.5 Å². The van der Waals surface area contributed by atoms with Crippen LogP contribution in [0.5, 0.6) is 0 Å². The molecule has 0 N–H and O–H groups in total. The normalized spacial score (nSPS) is 13.8. The maximum atomic E-state index is 13.3. The van der Waals surface area contributed by atoms with Gasteiger partial charge in [0.2, 0.25) is 5.69 Å². The van der Waals surface area contributed by atoms with E-state index in [9.17, 15) is 23.2 Å². The summed E-state index contributed by atoms with van der Waals surface area (Å²) in [6, 6.07) is 5.23. The van der Waals surface area contributed by atoms with Crippen LogP contribution in [0.2, 0.25) is 5.02 Å². The highest BCUT2D eigenvalue weighted by Crippen LogP contribution is 2.31. The van der Waals surface area contributed by atoms with Crippen LogP contribution in [-0.2, 0) is 0 Å². The number of ketones is 1. The predicted octanol–water partition coefficient (Wildman–Crippen LogP) is 3.58. The Hall–Kier alpha value is -2.34. The van der Waals surface area contributed by atoms with Crippen molar-refractivity contribution in [1.29, 1.82) is 0 Å². The third-order valence-electron chi connectivity index (χ3n) is 3.10. The van der Waals surface area contributed by atoms with Crippen molar-refractivity contribution in [3.63, 3.8) is 0 Å². The van der Waals surface area contributed by atoms with Crippen LogP contribution in [0.15, 0.2) is 30.3 Å². The van der Waals surface area contributed by atoms with Crippen molar-refractivity contribution in [3.8, 4) is 0 Å². The number of carbonyl (C=O) groups excluding carboxylic acids is 1. The van der Waals surface area contributed by atoms with Gasteiger partial charge in [0, 0.05) is 11.1 Å². The van der Waals surface area contributed by atoms with Crippen LogP contribution >= 0.6 is 11.6 Å². The van der Waals surface area contributed by atoms with E-state index in [0.29, 0.717) is 12.1 Å². The molecule has 0 spiro atoms. The van der Waals surface area contributed by atoms with Crippen molar-refractivity contribution in [2.45, 2.75) is 0 Å². The summed E-state index contributed by atoms with van der Waals surface area (Å²) < 4.78 is 39.7. The second-order valence-electron chi connectivity index (χ2n) is 4.39. The maximum Gasteiger partial charge on any atom is 0.273 e. The van der Waals surface area contributed by atoms with Gasteiger partial charge in [-0.3, -0.25) is 4.79 Å². The van der Waals surface area contributed by atoms with Gasteiger partial charge in [0.1, 0.15) is 5.56 Å². The summed E-state index contributed by atoms with van der Waals surface area (Å²) >= 11 is 5.75. The topological polar surface area (TPSA) is 43.1 Å². The molecule has 0 atom stereocenters. The first-order valence-corrected chi connectivity index (χ1v) is 6.11. The minimum absolute atomic E-state index is 0.0207. The monoisotopic (exact) mass is 311 g/mol. The van der Waals surface area contributed by atoms with Gasteiger partial charge < -0.3 is 5.21 Å². The molecule has 0 amide bonds. The Labute approximate surface area is 121 Å². The number of hydrogen-bond acceptors (Lipinski definition) is 2. The molecule has 106 valence electrons.